The van der Waals surface area contributed by atoms with Gasteiger partial charge in [0.05, 0.1) is 6.61 Å². The predicted octanol–water partition coefficient (Wildman–Crippen LogP) is 3.47. The summed E-state index contributed by atoms with van der Waals surface area (Å²) in [5, 5.41) is 1.40. The maximum atomic E-state index is 6.05. The summed E-state index contributed by atoms with van der Waals surface area (Å²) in [6.07, 6.45) is 0.749. The van der Waals surface area contributed by atoms with Gasteiger partial charge in [0.1, 0.15) is 0 Å². The summed E-state index contributed by atoms with van der Waals surface area (Å²) < 4.78 is 0. The Bertz CT molecular complexity index is 297. The van der Waals surface area contributed by atoms with E-state index in [1.807, 2.05) is 32.0 Å². The first kappa shape index (κ1) is 12.8. The van der Waals surface area contributed by atoms with Crippen LogP contribution in [0, 0.1) is 0 Å². The van der Waals surface area contributed by atoms with Gasteiger partial charge in [-0.3, -0.25) is 0 Å². The van der Waals surface area contributed by atoms with Crippen molar-refractivity contribution < 1.29 is 4.84 Å². The van der Waals surface area contributed by atoms with E-state index in [0.29, 0.717) is 16.7 Å². The molecule has 0 bridgehead atoms. The minimum absolute atomic E-state index is 0.183. The highest BCUT2D eigenvalue weighted by atomic mass is 35.5. The molecule has 0 aromatic heterocycles. The van der Waals surface area contributed by atoms with E-state index in [1.54, 1.807) is 0 Å². The summed E-state index contributed by atoms with van der Waals surface area (Å²) in [4.78, 5) is 5.11. The second kappa shape index (κ2) is 6.33. The van der Waals surface area contributed by atoms with Crippen LogP contribution < -0.4 is 5.48 Å². The molecule has 0 radical (unpaired) electrons. The number of hydrogen-bond acceptors (Lipinski definition) is 2. The van der Waals surface area contributed by atoms with E-state index in [0.717, 1.165) is 12.0 Å². The average molecular weight is 248 g/mol. The van der Waals surface area contributed by atoms with Gasteiger partial charge in [-0.05, 0) is 38.0 Å². The van der Waals surface area contributed by atoms with E-state index in [9.17, 15) is 0 Å². The van der Waals surface area contributed by atoms with Crippen LogP contribution in [-0.4, -0.2) is 12.6 Å². The third-order valence-electron chi connectivity index (χ3n) is 2.00. The zero-order valence-corrected chi connectivity index (χ0v) is 10.4. The molecule has 15 heavy (non-hydrogen) atoms. The number of benzene rings is 1. The number of halogens is 2. The molecule has 0 aliphatic heterocycles. The zero-order valence-electron chi connectivity index (χ0n) is 8.89. The molecule has 2 nitrogen and oxygen atoms in total. The highest BCUT2D eigenvalue weighted by Gasteiger charge is 2.09. The Balaban J connectivity index is 2.63. The van der Waals surface area contributed by atoms with Gasteiger partial charge in [0.15, 0.2) is 0 Å². The van der Waals surface area contributed by atoms with Gasteiger partial charge in [0.25, 0.3) is 0 Å². The third kappa shape index (κ3) is 3.99. The third-order valence-corrected chi connectivity index (χ3v) is 2.71. The number of nitrogens with one attached hydrogen (secondary N) is 1. The minimum atomic E-state index is 0.183. The molecule has 0 saturated carbocycles. The minimum Gasteiger partial charge on any atom is -0.302 e. The maximum absolute atomic E-state index is 6.05. The molecule has 1 aromatic rings. The molecule has 0 heterocycles. The molecule has 0 spiro atoms. The van der Waals surface area contributed by atoms with Gasteiger partial charge in [-0.2, -0.15) is 5.48 Å². The van der Waals surface area contributed by atoms with Gasteiger partial charge in [-0.1, -0.05) is 29.3 Å². The number of rotatable bonds is 5. The summed E-state index contributed by atoms with van der Waals surface area (Å²) >= 11 is 12.1. The molecule has 0 amide bonds. The lowest BCUT2D eigenvalue weighted by atomic mass is 10.1. The fourth-order valence-corrected chi connectivity index (χ4v) is 1.85. The quantitative estimate of drug-likeness (QED) is 0.805. The molecule has 0 saturated heterocycles. The first-order valence-corrected chi connectivity index (χ1v) is 5.71. The Hall–Kier alpha value is -0.280. The molecule has 0 aliphatic rings. The molecular formula is C11H15Cl2NO. The molecule has 1 atom stereocenters. The first-order valence-electron chi connectivity index (χ1n) is 4.95. The molecule has 1 aromatic carbocycles. The fourth-order valence-electron chi connectivity index (χ4n) is 1.30. The predicted molar refractivity (Wildman–Crippen MR) is 64.4 cm³/mol. The maximum Gasteiger partial charge on any atom is 0.0654 e. The van der Waals surface area contributed by atoms with Crippen molar-refractivity contribution in [2.75, 3.05) is 6.61 Å². The summed E-state index contributed by atoms with van der Waals surface area (Å²) in [5.41, 5.74) is 3.88. The van der Waals surface area contributed by atoms with Crippen LogP contribution in [0.4, 0.5) is 0 Å². The van der Waals surface area contributed by atoms with Crippen molar-refractivity contribution in [1.29, 1.82) is 0 Å². The lowest BCUT2D eigenvalue weighted by Gasteiger charge is -2.14. The largest absolute Gasteiger partial charge is 0.302 e. The molecule has 0 fully saturated rings. The normalized spacial score (nSPS) is 12.8. The second-order valence-corrected chi connectivity index (χ2v) is 4.17. The van der Waals surface area contributed by atoms with Gasteiger partial charge >= 0.3 is 0 Å². The molecule has 0 unspecified atom stereocenters. The molecule has 84 valence electrons. The van der Waals surface area contributed by atoms with Crippen LogP contribution in [0.2, 0.25) is 10.0 Å². The van der Waals surface area contributed by atoms with E-state index < -0.39 is 0 Å². The molecule has 4 heteroatoms. The van der Waals surface area contributed by atoms with Gasteiger partial charge in [-0.25, -0.2) is 0 Å². The topological polar surface area (TPSA) is 21.3 Å². The Labute approximate surface area is 100 Å². The Morgan fingerprint density at radius 1 is 1.33 bits per heavy atom. The molecule has 0 aliphatic carbocycles. The van der Waals surface area contributed by atoms with E-state index in [1.165, 1.54) is 0 Å². The van der Waals surface area contributed by atoms with Gasteiger partial charge in [-0.15, -0.1) is 0 Å². The lowest BCUT2D eigenvalue weighted by molar-refractivity contribution is 0.0290. The number of hydrogen-bond donors (Lipinski definition) is 1. The molecule has 1 rings (SSSR count). The first-order chi connectivity index (χ1) is 7.15. The average Bonchev–Trinajstić information content (AvgIpc) is 2.21. The second-order valence-electron chi connectivity index (χ2n) is 3.36. The van der Waals surface area contributed by atoms with E-state index in [2.05, 4.69) is 5.48 Å². The van der Waals surface area contributed by atoms with Crippen LogP contribution in [0.3, 0.4) is 0 Å². The summed E-state index contributed by atoms with van der Waals surface area (Å²) in [6, 6.07) is 5.71. The monoisotopic (exact) mass is 247 g/mol. The standard InChI is InChI=1S/C11H15Cl2NO/c1-3-15-14-8(2)7-9-10(12)5-4-6-11(9)13/h4-6,8,14H,3,7H2,1-2H3/t8-/m0/s1. The van der Waals surface area contributed by atoms with E-state index in [-0.39, 0.29) is 6.04 Å². The van der Waals surface area contributed by atoms with Crippen LogP contribution in [0.15, 0.2) is 18.2 Å². The van der Waals surface area contributed by atoms with Gasteiger partial charge in [0, 0.05) is 16.1 Å². The Morgan fingerprint density at radius 2 is 1.93 bits per heavy atom. The Kier molecular flexibility index (Phi) is 5.40. The van der Waals surface area contributed by atoms with Crippen LogP contribution >= 0.6 is 23.2 Å². The number of hydroxylamine groups is 1. The van der Waals surface area contributed by atoms with Crippen molar-refractivity contribution in [2.45, 2.75) is 26.3 Å². The molecule has 1 N–H and O–H groups in total. The van der Waals surface area contributed by atoms with Crippen molar-refractivity contribution in [3.05, 3.63) is 33.8 Å². The van der Waals surface area contributed by atoms with Crippen LogP contribution in [-0.2, 0) is 11.3 Å². The smallest absolute Gasteiger partial charge is 0.0654 e. The molecular weight excluding hydrogens is 233 g/mol. The Morgan fingerprint density at radius 3 is 2.47 bits per heavy atom. The van der Waals surface area contributed by atoms with Crippen LogP contribution in [0.1, 0.15) is 19.4 Å². The van der Waals surface area contributed by atoms with E-state index >= 15 is 0 Å². The van der Waals surface area contributed by atoms with Crippen molar-refractivity contribution in [3.63, 3.8) is 0 Å². The summed E-state index contributed by atoms with van der Waals surface area (Å²) in [6.45, 7) is 4.60. The lowest BCUT2D eigenvalue weighted by Crippen LogP contribution is -2.28. The highest BCUT2D eigenvalue weighted by Crippen LogP contribution is 2.25. The van der Waals surface area contributed by atoms with Crippen molar-refractivity contribution in [3.8, 4) is 0 Å². The summed E-state index contributed by atoms with van der Waals surface area (Å²) in [5.74, 6) is 0. The van der Waals surface area contributed by atoms with Crippen molar-refractivity contribution >= 4 is 23.2 Å². The zero-order chi connectivity index (χ0) is 11.3. The fraction of sp³-hybridized carbons (Fsp3) is 0.455. The van der Waals surface area contributed by atoms with Crippen LogP contribution in [0.5, 0.6) is 0 Å². The SMILES string of the molecule is CCON[C@@H](C)Cc1c(Cl)cccc1Cl. The van der Waals surface area contributed by atoms with Crippen molar-refractivity contribution in [2.24, 2.45) is 0 Å². The summed E-state index contributed by atoms with van der Waals surface area (Å²) in [7, 11) is 0. The van der Waals surface area contributed by atoms with E-state index in [4.69, 9.17) is 28.0 Å². The van der Waals surface area contributed by atoms with Gasteiger partial charge in [0.2, 0.25) is 0 Å². The van der Waals surface area contributed by atoms with Gasteiger partial charge < -0.3 is 4.84 Å². The van der Waals surface area contributed by atoms with Crippen molar-refractivity contribution in [1.82, 2.24) is 5.48 Å². The van der Waals surface area contributed by atoms with Crippen LogP contribution in [0.25, 0.3) is 0 Å². The highest BCUT2D eigenvalue weighted by molar-refractivity contribution is 6.35.